The predicted octanol–water partition coefficient (Wildman–Crippen LogP) is 2.15. The maximum atomic E-state index is 8.65. The van der Waals surface area contributed by atoms with E-state index in [4.69, 9.17) is 14.7 Å². The molecular formula is C12H16N2O2. The van der Waals surface area contributed by atoms with Gasteiger partial charge >= 0.3 is 0 Å². The van der Waals surface area contributed by atoms with Gasteiger partial charge < -0.3 is 9.47 Å². The summed E-state index contributed by atoms with van der Waals surface area (Å²) in [7, 11) is 0. The van der Waals surface area contributed by atoms with Crippen molar-refractivity contribution >= 4 is 0 Å². The highest BCUT2D eigenvalue weighted by atomic mass is 16.5. The molecule has 1 aromatic heterocycles. The van der Waals surface area contributed by atoms with Crippen molar-refractivity contribution in [2.45, 2.75) is 26.4 Å². The van der Waals surface area contributed by atoms with Crippen LogP contribution in [0.25, 0.3) is 0 Å². The van der Waals surface area contributed by atoms with Gasteiger partial charge in [0.1, 0.15) is 18.4 Å². The Bertz CT molecular complexity index is 377. The molecule has 1 rings (SSSR count). The van der Waals surface area contributed by atoms with Gasteiger partial charge in [0.25, 0.3) is 0 Å². The summed E-state index contributed by atoms with van der Waals surface area (Å²) < 4.78 is 10.8. The molecule has 0 spiro atoms. The largest absolute Gasteiger partial charge is 0.475 e. The van der Waals surface area contributed by atoms with Crippen molar-refractivity contribution in [3.05, 3.63) is 23.9 Å². The number of rotatable bonds is 4. The number of nitriles is 1. The molecule has 0 bridgehead atoms. The highest BCUT2D eigenvalue weighted by Crippen LogP contribution is 2.08. The van der Waals surface area contributed by atoms with E-state index in [1.54, 1.807) is 18.2 Å². The molecule has 0 N–H and O–H groups in total. The molecule has 4 heteroatoms. The molecule has 0 saturated heterocycles. The Hall–Kier alpha value is -1.60. The molecule has 0 amide bonds. The number of pyridine rings is 1. The topological polar surface area (TPSA) is 55.1 Å². The van der Waals surface area contributed by atoms with Gasteiger partial charge in [-0.2, -0.15) is 5.26 Å². The predicted molar refractivity (Wildman–Crippen MR) is 60.2 cm³/mol. The first-order valence-corrected chi connectivity index (χ1v) is 5.15. The lowest BCUT2D eigenvalue weighted by atomic mass is 10.2. The third-order valence-electron chi connectivity index (χ3n) is 1.71. The molecular weight excluding hydrogens is 204 g/mol. The van der Waals surface area contributed by atoms with E-state index in [0.29, 0.717) is 24.8 Å². The van der Waals surface area contributed by atoms with Crippen molar-refractivity contribution in [2.24, 2.45) is 0 Å². The SMILES string of the molecule is CC(C)(C)OCCOc1cccc(C#N)n1. The smallest absolute Gasteiger partial charge is 0.214 e. The second-order valence-corrected chi connectivity index (χ2v) is 4.28. The normalized spacial score (nSPS) is 10.9. The van der Waals surface area contributed by atoms with Crippen LogP contribution in [0, 0.1) is 11.3 Å². The van der Waals surface area contributed by atoms with Gasteiger partial charge in [0.15, 0.2) is 0 Å². The maximum Gasteiger partial charge on any atom is 0.214 e. The number of hydrogen-bond acceptors (Lipinski definition) is 4. The van der Waals surface area contributed by atoms with Crippen molar-refractivity contribution in [2.75, 3.05) is 13.2 Å². The minimum absolute atomic E-state index is 0.161. The molecule has 86 valence electrons. The Labute approximate surface area is 95.8 Å². The van der Waals surface area contributed by atoms with Gasteiger partial charge in [0, 0.05) is 6.07 Å². The lowest BCUT2D eigenvalue weighted by molar-refractivity contribution is -0.0168. The Kier molecular flexibility index (Phi) is 4.27. The van der Waals surface area contributed by atoms with Crippen LogP contribution >= 0.6 is 0 Å². The van der Waals surface area contributed by atoms with Crippen molar-refractivity contribution in [3.63, 3.8) is 0 Å². The van der Waals surface area contributed by atoms with Gasteiger partial charge in [-0.1, -0.05) is 6.07 Å². The second-order valence-electron chi connectivity index (χ2n) is 4.28. The summed E-state index contributed by atoms with van der Waals surface area (Å²) in [4.78, 5) is 3.99. The molecule has 0 atom stereocenters. The molecule has 0 aromatic carbocycles. The average molecular weight is 220 g/mol. The van der Waals surface area contributed by atoms with Crippen LogP contribution in [-0.2, 0) is 4.74 Å². The summed E-state index contributed by atoms with van der Waals surface area (Å²) >= 11 is 0. The molecule has 0 aliphatic carbocycles. The summed E-state index contributed by atoms with van der Waals surface area (Å²) in [6, 6.07) is 7.06. The van der Waals surface area contributed by atoms with Gasteiger partial charge in [-0.05, 0) is 26.8 Å². The lowest BCUT2D eigenvalue weighted by Crippen LogP contribution is -2.22. The van der Waals surface area contributed by atoms with Crippen LogP contribution in [0.1, 0.15) is 26.5 Å². The minimum Gasteiger partial charge on any atom is -0.475 e. The van der Waals surface area contributed by atoms with Crippen LogP contribution in [0.3, 0.4) is 0 Å². The van der Waals surface area contributed by atoms with Crippen molar-refractivity contribution in [1.82, 2.24) is 4.98 Å². The molecule has 0 aliphatic rings. The number of ether oxygens (including phenoxy) is 2. The van der Waals surface area contributed by atoms with E-state index >= 15 is 0 Å². The monoisotopic (exact) mass is 220 g/mol. The molecule has 1 heterocycles. The van der Waals surface area contributed by atoms with E-state index in [-0.39, 0.29) is 5.60 Å². The van der Waals surface area contributed by atoms with E-state index in [9.17, 15) is 0 Å². The van der Waals surface area contributed by atoms with Crippen LogP contribution < -0.4 is 4.74 Å². The van der Waals surface area contributed by atoms with E-state index in [2.05, 4.69) is 4.98 Å². The Balaban J connectivity index is 2.35. The van der Waals surface area contributed by atoms with Crippen LogP contribution in [0.2, 0.25) is 0 Å². The zero-order valence-electron chi connectivity index (χ0n) is 9.86. The number of nitrogens with zero attached hydrogens (tertiary/aromatic N) is 2. The highest BCUT2D eigenvalue weighted by molar-refractivity contribution is 5.24. The van der Waals surface area contributed by atoms with E-state index in [0.717, 1.165) is 0 Å². The van der Waals surface area contributed by atoms with Gasteiger partial charge in [0.05, 0.1) is 12.2 Å². The summed E-state index contributed by atoms with van der Waals surface area (Å²) in [5, 5.41) is 8.65. The first-order chi connectivity index (χ1) is 7.51. The van der Waals surface area contributed by atoms with Gasteiger partial charge in [0.2, 0.25) is 5.88 Å². The number of hydrogen-bond donors (Lipinski definition) is 0. The minimum atomic E-state index is -0.161. The molecule has 0 radical (unpaired) electrons. The quantitative estimate of drug-likeness (QED) is 0.729. The summed E-state index contributed by atoms with van der Waals surface area (Å²) in [6.07, 6.45) is 0. The fraction of sp³-hybridized carbons (Fsp3) is 0.500. The third kappa shape index (κ3) is 4.76. The molecule has 0 unspecified atom stereocenters. The molecule has 1 aromatic rings. The zero-order chi connectivity index (χ0) is 12.0. The van der Waals surface area contributed by atoms with Crippen molar-refractivity contribution in [1.29, 1.82) is 5.26 Å². The second kappa shape index (κ2) is 5.47. The first kappa shape index (κ1) is 12.5. The summed E-state index contributed by atoms with van der Waals surface area (Å²) in [5.41, 5.74) is 0.194. The van der Waals surface area contributed by atoms with Gasteiger partial charge in [-0.15, -0.1) is 0 Å². The average Bonchev–Trinajstić information content (AvgIpc) is 2.23. The molecule has 4 nitrogen and oxygen atoms in total. The lowest BCUT2D eigenvalue weighted by Gasteiger charge is -2.19. The zero-order valence-corrected chi connectivity index (χ0v) is 9.86. The molecule has 0 aliphatic heterocycles. The fourth-order valence-corrected chi connectivity index (χ4v) is 1.05. The Morgan fingerprint density at radius 2 is 2.06 bits per heavy atom. The van der Waals surface area contributed by atoms with Crippen molar-refractivity contribution in [3.8, 4) is 11.9 Å². The van der Waals surface area contributed by atoms with Gasteiger partial charge in [-0.3, -0.25) is 0 Å². The number of aromatic nitrogens is 1. The van der Waals surface area contributed by atoms with E-state index in [1.807, 2.05) is 26.8 Å². The Morgan fingerprint density at radius 3 is 2.69 bits per heavy atom. The van der Waals surface area contributed by atoms with Crippen molar-refractivity contribution < 1.29 is 9.47 Å². The summed E-state index contributed by atoms with van der Waals surface area (Å²) in [5.74, 6) is 0.455. The van der Waals surface area contributed by atoms with Crippen LogP contribution in [0.4, 0.5) is 0 Å². The fourth-order valence-electron chi connectivity index (χ4n) is 1.05. The Morgan fingerprint density at radius 1 is 1.31 bits per heavy atom. The van der Waals surface area contributed by atoms with Gasteiger partial charge in [-0.25, -0.2) is 4.98 Å². The summed E-state index contributed by atoms with van der Waals surface area (Å²) in [6.45, 7) is 6.89. The molecule has 0 fully saturated rings. The van der Waals surface area contributed by atoms with Crippen LogP contribution in [0.5, 0.6) is 5.88 Å². The highest BCUT2D eigenvalue weighted by Gasteiger charge is 2.09. The van der Waals surface area contributed by atoms with Crippen LogP contribution in [-0.4, -0.2) is 23.8 Å². The van der Waals surface area contributed by atoms with E-state index in [1.165, 1.54) is 0 Å². The first-order valence-electron chi connectivity index (χ1n) is 5.15. The van der Waals surface area contributed by atoms with E-state index < -0.39 is 0 Å². The maximum absolute atomic E-state index is 8.65. The standard InChI is InChI=1S/C12H16N2O2/c1-12(2,3)16-8-7-15-11-6-4-5-10(9-13)14-11/h4-6H,7-8H2,1-3H3. The molecule has 0 saturated carbocycles. The molecule has 16 heavy (non-hydrogen) atoms. The third-order valence-corrected chi connectivity index (χ3v) is 1.71. The van der Waals surface area contributed by atoms with Crippen LogP contribution in [0.15, 0.2) is 18.2 Å².